The summed E-state index contributed by atoms with van der Waals surface area (Å²) in [5.74, 6) is -0.904. The maximum Gasteiger partial charge on any atom is 0.337 e. The fourth-order valence-electron chi connectivity index (χ4n) is 3.67. The lowest BCUT2D eigenvalue weighted by atomic mass is 9.95. The molecule has 1 saturated carbocycles. The van der Waals surface area contributed by atoms with Crippen molar-refractivity contribution in [2.75, 3.05) is 19.0 Å². The minimum absolute atomic E-state index is 0.163. The normalized spacial score (nSPS) is 14.9. The zero-order chi connectivity index (χ0) is 22.4. The number of carbonyl (C=O) groups is 2. The molecule has 31 heavy (non-hydrogen) atoms. The number of rotatable bonds is 7. The van der Waals surface area contributed by atoms with Crippen LogP contribution in [0.25, 0.3) is 0 Å². The number of anilines is 1. The minimum Gasteiger partial charge on any atom is -0.465 e. The molecule has 166 valence electrons. The first-order chi connectivity index (χ1) is 14.8. The molecule has 0 radical (unpaired) electrons. The standard InChI is InChI=1S/C22H25BrN2O5S/c1-30-22(27)16-7-11-18(12-8-16)24-21(26)15-25(19-5-3-2-4-6-19)31(28,29)20-13-9-17(23)10-14-20/h7-14,19H,2-6,15H2,1H3,(H,24,26). The summed E-state index contributed by atoms with van der Waals surface area (Å²) in [7, 11) is -2.54. The van der Waals surface area contributed by atoms with Gasteiger partial charge in [0.1, 0.15) is 0 Å². The van der Waals surface area contributed by atoms with E-state index in [4.69, 9.17) is 0 Å². The molecule has 1 amide bonds. The topological polar surface area (TPSA) is 92.8 Å². The SMILES string of the molecule is COC(=O)c1ccc(NC(=O)CN(C2CCCCC2)S(=O)(=O)c2ccc(Br)cc2)cc1. The van der Waals surface area contributed by atoms with E-state index >= 15 is 0 Å². The maximum atomic E-state index is 13.4. The molecule has 0 unspecified atom stereocenters. The molecule has 1 N–H and O–H groups in total. The Morgan fingerprint density at radius 2 is 1.65 bits per heavy atom. The first kappa shape index (κ1) is 23.4. The Balaban J connectivity index is 1.79. The van der Waals surface area contributed by atoms with Gasteiger partial charge in [-0.3, -0.25) is 4.79 Å². The molecule has 1 fully saturated rings. The van der Waals surface area contributed by atoms with E-state index in [0.29, 0.717) is 11.3 Å². The molecule has 7 nitrogen and oxygen atoms in total. The Morgan fingerprint density at radius 1 is 1.03 bits per heavy atom. The molecular formula is C22H25BrN2O5S. The van der Waals surface area contributed by atoms with Crippen molar-refractivity contribution in [3.8, 4) is 0 Å². The second-order valence-electron chi connectivity index (χ2n) is 7.41. The third-order valence-corrected chi connectivity index (χ3v) is 7.73. The molecule has 0 saturated heterocycles. The van der Waals surface area contributed by atoms with E-state index in [1.165, 1.54) is 11.4 Å². The van der Waals surface area contributed by atoms with Crippen LogP contribution in [0, 0.1) is 0 Å². The highest BCUT2D eigenvalue weighted by Crippen LogP contribution is 2.28. The van der Waals surface area contributed by atoms with Gasteiger partial charge in [-0.25, -0.2) is 13.2 Å². The van der Waals surface area contributed by atoms with Gasteiger partial charge in [-0.1, -0.05) is 35.2 Å². The maximum absolute atomic E-state index is 13.4. The number of hydrogen-bond acceptors (Lipinski definition) is 5. The van der Waals surface area contributed by atoms with Gasteiger partial charge in [-0.05, 0) is 61.4 Å². The van der Waals surface area contributed by atoms with Gasteiger partial charge in [0, 0.05) is 16.2 Å². The molecule has 2 aromatic carbocycles. The summed E-state index contributed by atoms with van der Waals surface area (Å²) >= 11 is 3.32. The molecule has 0 aliphatic heterocycles. The van der Waals surface area contributed by atoms with Crippen molar-refractivity contribution in [3.05, 3.63) is 58.6 Å². The third kappa shape index (κ3) is 5.93. The van der Waals surface area contributed by atoms with Crippen LogP contribution in [0.3, 0.4) is 0 Å². The van der Waals surface area contributed by atoms with E-state index in [2.05, 4.69) is 26.0 Å². The van der Waals surface area contributed by atoms with Crippen LogP contribution in [-0.2, 0) is 19.6 Å². The van der Waals surface area contributed by atoms with Crippen molar-refractivity contribution < 1.29 is 22.7 Å². The van der Waals surface area contributed by atoms with Gasteiger partial charge in [0.25, 0.3) is 0 Å². The number of sulfonamides is 1. The summed E-state index contributed by atoms with van der Waals surface area (Å²) in [6, 6.07) is 12.5. The Hall–Kier alpha value is -2.23. The summed E-state index contributed by atoms with van der Waals surface area (Å²) in [4.78, 5) is 24.5. The summed E-state index contributed by atoms with van der Waals surface area (Å²) in [6.45, 7) is -0.276. The summed E-state index contributed by atoms with van der Waals surface area (Å²) in [6.07, 6.45) is 4.41. The fourth-order valence-corrected chi connectivity index (χ4v) is 5.58. The fraction of sp³-hybridized carbons (Fsp3) is 0.364. The highest BCUT2D eigenvalue weighted by molar-refractivity contribution is 9.10. The molecule has 3 rings (SSSR count). The van der Waals surface area contributed by atoms with Crippen LogP contribution in [-0.4, -0.2) is 44.3 Å². The first-order valence-corrected chi connectivity index (χ1v) is 12.3. The van der Waals surface area contributed by atoms with Crippen molar-refractivity contribution in [1.29, 1.82) is 0 Å². The Kier molecular flexibility index (Phi) is 7.85. The average Bonchev–Trinajstić information content (AvgIpc) is 2.78. The highest BCUT2D eigenvalue weighted by Gasteiger charge is 2.34. The van der Waals surface area contributed by atoms with Crippen molar-refractivity contribution in [3.63, 3.8) is 0 Å². The van der Waals surface area contributed by atoms with Gasteiger partial charge in [0.15, 0.2) is 0 Å². The first-order valence-electron chi connectivity index (χ1n) is 10.1. The van der Waals surface area contributed by atoms with Crippen molar-refractivity contribution in [2.24, 2.45) is 0 Å². The predicted molar refractivity (Wildman–Crippen MR) is 121 cm³/mol. The summed E-state index contributed by atoms with van der Waals surface area (Å²) in [5, 5.41) is 2.72. The monoisotopic (exact) mass is 508 g/mol. The zero-order valence-corrected chi connectivity index (χ0v) is 19.6. The molecule has 9 heteroatoms. The Morgan fingerprint density at radius 3 is 2.23 bits per heavy atom. The molecule has 2 aromatic rings. The number of ether oxygens (including phenoxy) is 1. The molecule has 0 spiro atoms. The van der Waals surface area contributed by atoms with Crippen LogP contribution in [0.2, 0.25) is 0 Å². The van der Waals surface area contributed by atoms with Crippen LogP contribution in [0.1, 0.15) is 42.5 Å². The van der Waals surface area contributed by atoms with Gasteiger partial charge >= 0.3 is 5.97 Å². The number of methoxy groups -OCH3 is 1. The van der Waals surface area contributed by atoms with Crippen LogP contribution in [0.4, 0.5) is 5.69 Å². The Bertz CT molecular complexity index is 1020. The lowest BCUT2D eigenvalue weighted by molar-refractivity contribution is -0.116. The van der Waals surface area contributed by atoms with E-state index < -0.39 is 21.9 Å². The van der Waals surface area contributed by atoms with E-state index in [9.17, 15) is 18.0 Å². The highest BCUT2D eigenvalue weighted by atomic mass is 79.9. The van der Waals surface area contributed by atoms with Crippen molar-refractivity contribution in [2.45, 2.75) is 43.0 Å². The number of halogens is 1. The van der Waals surface area contributed by atoms with Gasteiger partial charge < -0.3 is 10.1 Å². The van der Waals surface area contributed by atoms with Crippen LogP contribution in [0.5, 0.6) is 0 Å². The summed E-state index contributed by atoms with van der Waals surface area (Å²) < 4.78 is 33.5. The lowest BCUT2D eigenvalue weighted by Crippen LogP contribution is -2.45. The number of nitrogens with one attached hydrogen (secondary N) is 1. The smallest absolute Gasteiger partial charge is 0.337 e. The van der Waals surface area contributed by atoms with E-state index in [1.807, 2.05) is 0 Å². The number of amides is 1. The molecular weight excluding hydrogens is 484 g/mol. The van der Waals surface area contributed by atoms with Crippen LogP contribution < -0.4 is 5.32 Å². The van der Waals surface area contributed by atoms with E-state index in [0.717, 1.165) is 36.6 Å². The number of esters is 1. The van der Waals surface area contributed by atoms with E-state index in [1.54, 1.807) is 48.5 Å². The number of hydrogen-bond donors (Lipinski definition) is 1. The average molecular weight is 509 g/mol. The quantitative estimate of drug-likeness (QED) is 0.565. The zero-order valence-electron chi connectivity index (χ0n) is 17.2. The van der Waals surface area contributed by atoms with Crippen molar-refractivity contribution in [1.82, 2.24) is 4.31 Å². The summed E-state index contributed by atoms with van der Waals surface area (Å²) in [5.41, 5.74) is 0.837. The predicted octanol–water partition coefficient (Wildman–Crippen LogP) is 4.20. The Labute approximate surface area is 191 Å². The number of nitrogens with zero attached hydrogens (tertiary/aromatic N) is 1. The van der Waals surface area contributed by atoms with Gasteiger partial charge in [0.2, 0.25) is 15.9 Å². The molecule has 0 aromatic heterocycles. The van der Waals surface area contributed by atoms with Crippen molar-refractivity contribution >= 4 is 43.5 Å². The lowest BCUT2D eigenvalue weighted by Gasteiger charge is -2.33. The van der Waals surface area contributed by atoms with Gasteiger partial charge in [0.05, 0.1) is 24.1 Å². The van der Waals surface area contributed by atoms with Crippen LogP contribution in [0.15, 0.2) is 57.9 Å². The van der Waals surface area contributed by atoms with E-state index in [-0.39, 0.29) is 17.5 Å². The van der Waals surface area contributed by atoms with Gasteiger partial charge in [-0.2, -0.15) is 4.31 Å². The largest absolute Gasteiger partial charge is 0.465 e. The molecule has 0 bridgehead atoms. The second kappa shape index (κ2) is 10.4. The second-order valence-corrected chi connectivity index (χ2v) is 10.2. The number of benzene rings is 2. The molecule has 0 atom stereocenters. The molecule has 0 heterocycles. The van der Waals surface area contributed by atoms with Gasteiger partial charge in [-0.15, -0.1) is 0 Å². The molecule has 1 aliphatic rings. The van der Waals surface area contributed by atoms with Crippen LogP contribution >= 0.6 is 15.9 Å². The third-order valence-electron chi connectivity index (χ3n) is 5.29. The minimum atomic E-state index is -3.84. The number of carbonyl (C=O) groups excluding carboxylic acids is 2. The molecule has 1 aliphatic carbocycles.